The molecule has 156 valence electrons. The van der Waals surface area contributed by atoms with E-state index in [2.05, 4.69) is 36.4 Å². The molecule has 2 aromatic rings. The molecule has 1 amide bonds. The van der Waals surface area contributed by atoms with E-state index in [0.717, 1.165) is 37.9 Å². The molecule has 0 aliphatic carbocycles. The maximum atomic E-state index is 13.2. The molecule has 0 saturated carbocycles. The van der Waals surface area contributed by atoms with Crippen LogP contribution >= 0.6 is 0 Å². The molecular weight excluding hydrogens is 364 g/mol. The van der Waals surface area contributed by atoms with Crippen molar-refractivity contribution in [2.24, 2.45) is 5.41 Å². The van der Waals surface area contributed by atoms with Gasteiger partial charge in [-0.15, -0.1) is 0 Å². The Morgan fingerprint density at radius 3 is 2.66 bits per heavy atom. The van der Waals surface area contributed by atoms with Crippen LogP contribution in [0.2, 0.25) is 0 Å². The zero-order valence-corrected chi connectivity index (χ0v) is 17.9. The SMILES string of the molecule is Cc1ccn(C2CCNCC2)c(=O)c1C(=O)NC(CC(C)(C)C)c1cccnc1. The molecule has 1 atom stereocenters. The van der Waals surface area contributed by atoms with E-state index in [0.29, 0.717) is 5.56 Å². The molecule has 1 aliphatic rings. The first-order chi connectivity index (χ1) is 13.8. The Bertz CT molecular complexity index is 893. The fourth-order valence-corrected chi connectivity index (χ4v) is 3.97. The van der Waals surface area contributed by atoms with Crippen molar-refractivity contribution in [3.8, 4) is 0 Å². The van der Waals surface area contributed by atoms with E-state index in [9.17, 15) is 9.59 Å². The normalized spacial score (nSPS) is 16.4. The van der Waals surface area contributed by atoms with Gasteiger partial charge in [0.05, 0.1) is 6.04 Å². The van der Waals surface area contributed by atoms with Crippen LogP contribution in [0.25, 0.3) is 0 Å². The number of nitrogens with zero attached hydrogens (tertiary/aromatic N) is 2. The van der Waals surface area contributed by atoms with Gasteiger partial charge in [0.25, 0.3) is 11.5 Å². The molecule has 6 heteroatoms. The highest BCUT2D eigenvalue weighted by Gasteiger charge is 2.26. The summed E-state index contributed by atoms with van der Waals surface area (Å²) < 4.78 is 1.74. The molecular formula is C23H32N4O2. The van der Waals surface area contributed by atoms with Crippen LogP contribution in [-0.2, 0) is 0 Å². The van der Waals surface area contributed by atoms with Crippen molar-refractivity contribution in [1.29, 1.82) is 0 Å². The summed E-state index contributed by atoms with van der Waals surface area (Å²) in [4.78, 5) is 30.6. The van der Waals surface area contributed by atoms with Gasteiger partial charge in [-0.3, -0.25) is 14.6 Å². The maximum Gasteiger partial charge on any atom is 0.263 e. The van der Waals surface area contributed by atoms with Crippen LogP contribution in [0.1, 0.15) is 73.6 Å². The van der Waals surface area contributed by atoms with Gasteiger partial charge in [-0.2, -0.15) is 0 Å². The number of piperidine rings is 1. The molecule has 2 N–H and O–H groups in total. The van der Waals surface area contributed by atoms with E-state index in [-0.39, 0.29) is 34.5 Å². The average molecular weight is 397 g/mol. The van der Waals surface area contributed by atoms with Gasteiger partial charge in [-0.05, 0) is 68.0 Å². The number of rotatable bonds is 5. The van der Waals surface area contributed by atoms with Crippen LogP contribution < -0.4 is 16.2 Å². The number of amides is 1. The molecule has 1 fully saturated rings. The summed E-state index contributed by atoms with van der Waals surface area (Å²) in [5.41, 5.74) is 1.71. The van der Waals surface area contributed by atoms with E-state index >= 15 is 0 Å². The summed E-state index contributed by atoms with van der Waals surface area (Å²) in [6.07, 6.45) is 7.87. The van der Waals surface area contributed by atoms with E-state index < -0.39 is 0 Å². The predicted molar refractivity (Wildman–Crippen MR) is 115 cm³/mol. The highest BCUT2D eigenvalue weighted by Crippen LogP contribution is 2.29. The van der Waals surface area contributed by atoms with Crippen LogP contribution in [0.5, 0.6) is 0 Å². The van der Waals surface area contributed by atoms with Crippen LogP contribution in [-0.4, -0.2) is 28.5 Å². The van der Waals surface area contributed by atoms with Crippen molar-refractivity contribution in [2.75, 3.05) is 13.1 Å². The topological polar surface area (TPSA) is 76.0 Å². The summed E-state index contributed by atoms with van der Waals surface area (Å²) in [5, 5.41) is 6.43. The number of hydrogen-bond donors (Lipinski definition) is 2. The van der Waals surface area contributed by atoms with E-state index in [4.69, 9.17) is 0 Å². The Kier molecular flexibility index (Phi) is 6.52. The summed E-state index contributed by atoms with van der Waals surface area (Å²) in [7, 11) is 0. The van der Waals surface area contributed by atoms with E-state index in [1.807, 2.05) is 31.3 Å². The van der Waals surface area contributed by atoms with Gasteiger partial charge in [-0.25, -0.2) is 0 Å². The number of aryl methyl sites for hydroxylation is 1. The van der Waals surface area contributed by atoms with Crippen LogP contribution in [0.4, 0.5) is 0 Å². The highest BCUT2D eigenvalue weighted by molar-refractivity contribution is 5.95. The second-order valence-corrected chi connectivity index (χ2v) is 9.14. The molecule has 0 aromatic carbocycles. The number of carbonyl (C=O) groups is 1. The summed E-state index contributed by atoms with van der Waals surface area (Å²) in [5.74, 6) is -0.311. The smallest absolute Gasteiger partial charge is 0.263 e. The highest BCUT2D eigenvalue weighted by atomic mass is 16.2. The summed E-state index contributed by atoms with van der Waals surface area (Å²) in [6.45, 7) is 10.0. The third-order valence-corrected chi connectivity index (χ3v) is 5.47. The number of hydrogen-bond acceptors (Lipinski definition) is 4. The number of pyridine rings is 2. The van der Waals surface area contributed by atoms with Crippen LogP contribution in [0, 0.1) is 12.3 Å². The van der Waals surface area contributed by atoms with Gasteiger partial charge in [0, 0.05) is 24.6 Å². The first kappa shape index (κ1) is 21.2. The second kappa shape index (κ2) is 8.91. The Labute approximate surface area is 172 Å². The van der Waals surface area contributed by atoms with Gasteiger partial charge in [0.1, 0.15) is 5.56 Å². The molecule has 1 saturated heterocycles. The quantitative estimate of drug-likeness (QED) is 0.812. The Morgan fingerprint density at radius 2 is 2.03 bits per heavy atom. The lowest BCUT2D eigenvalue weighted by molar-refractivity contribution is 0.0923. The number of aromatic nitrogens is 2. The fourth-order valence-electron chi connectivity index (χ4n) is 3.97. The lowest BCUT2D eigenvalue weighted by atomic mass is 9.85. The third kappa shape index (κ3) is 5.32. The fraction of sp³-hybridized carbons (Fsp3) is 0.522. The van der Waals surface area contributed by atoms with Crippen LogP contribution in [0.3, 0.4) is 0 Å². The third-order valence-electron chi connectivity index (χ3n) is 5.47. The minimum Gasteiger partial charge on any atom is -0.345 e. The molecule has 0 radical (unpaired) electrons. The molecule has 3 heterocycles. The number of carbonyl (C=O) groups excluding carboxylic acids is 1. The standard InChI is InChI=1S/C23H32N4O2/c1-16-9-13-27(18-7-11-24-12-8-18)22(29)20(16)21(28)26-19(14-23(2,3)4)17-6-5-10-25-15-17/h5-6,9-10,13,15,18-19,24H,7-8,11-12,14H2,1-4H3,(H,26,28). The minimum absolute atomic E-state index is 0.00875. The van der Waals surface area contributed by atoms with Crippen molar-refractivity contribution in [2.45, 2.75) is 59.0 Å². The van der Waals surface area contributed by atoms with Crippen molar-refractivity contribution in [3.63, 3.8) is 0 Å². The van der Waals surface area contributed by atoms with Crippen molar-refractivity contribution in [3.05, 3.63) is 63.8 Å². The largest absolute Gasteiger partial charge is 0.345 e. The molecule has 6 nitrogen and oxygen atoms in total. The second-order valence-electron chi connectivity index (χ2n) is 9.14. The Balaban J connectivity index is 1.91. The summed E-state index contributed by atoms with van der Waals surface area (Å²) in [6, 6.07) is 5.65. The Morgan fingerprint density at radius 1 is 1.31 bits per heavy atom. The van der Waals surface area contributed by atoms with Crippen LogP contribution in [0.15, 0.2) is 41.6 Å². The molecule has 3 rings (SSSR count). The van der Waals surface area contributed by atoms with Crippen molar-refractivity contribution >= 4 is 5.91 Å². The molecule has 1 unspecified atom stereocenters. The summed E-state index contributed by atoms with van der Waals surface area (Å²) >= 11 is 0. The zero-order valence-electron chi connectivity index (χ0n) is 17.9. The average Bonchev–Trinajstić information content (AvgIpc) is 2.68. The molecule has 0 bridgehead atoms. The van der Waals surface area contributed by atoms with Gasteiger partial charge < -0.3 is 15.2 Å². The number of nitrogens with one attached hydrogen (secondary N) is 2. The van der Waals surface area contributed by atoms with Gasteiger partial charge in [0.15, 0.2) is 0 Å². The first-order valence-corrected chi connectivity index (χ1v) is 10.4. The Hall–Kier alpha value is -2.47. The maximum absolute atomic E-state index is 13.2. The van der Waals surface area contributed by atoms with E-state index in [1.165, 1.54) is 0 Å². The molecule has 2 aromatic heterocycles. The lowest BCUT2D eigenvalue weighted by Gasteiger charge is -2.28. The van der Waals surface area contributed by atoms with Crippen molar-refractivity contribution < 1.29 is 4.79 Å². The predicted octanol–water partition coefficient (Wildman–Crippen LogP) is 3.38. The first-order valence-electron chi connectivity index (χ1n) is 10.4. The minimum atomic E-state index is -0.311. The van der Waals surface area contributed by atoms with Gasteiger partial charge in [-0.1, -0.05) is 26.8 Å². The molecule has 29 heavy (non-hydrogen) atoms. The zero-order chi connectivity index (χ0) is 21.0. The lowest BCUT2D eigenvalue weighted by Crippen LogP contribution is -2.39. The monoisotopic (exact) mass is 396 g/mol. The molecule has 0 spiro atoms. The van der Waals surface area contributed by atoms with Crippen molar-refractivity contribution in [1.82, 2.24) is 20.2 Å². The van der Waals surface area contributed by atoms with Gasteiger partial charge >= 0.3 is 0 Å². The van der Waals surface area contributed by atoms with Gasteiger partial charge in [0.2, 0.25) is 0 Å². The van der Waals surface area contributed by atoms with E-state index in [1.54, 1.807) is 17.0 Å². The molecule has 1 aliphatic heterocycles.